The molecule has 584 valence electrons. The number of hydrogen-bond acceptors (Lipinski definition) is 12. The van der Waals surface area contributed by atoms with Crippen LogP contribution in [0.5, 0.6) is 0 Å². The van der Waals surface area contributed by atoms with E-state index in [4.69, 9.17) is 0 Å². The molecule has 4 heterocycles. The smallest absolute Gasteiger partial charge is 0.386 e. The summed E-state index contributed by atoms with van der Waals surface area (Å²) < 4.78 is 115. The number of Topliss-reactive ketones (excluding diaryl/α,β-unsaturated/α-hetero) is 2. The zero-order chi connectivity index (χ0) is 80.1. The van der Waals surface area contributed by atoms with Crippen LogP contribution in [0.25, 0.3) is 110 Å². The molecule has 29 heteroatoms. The van der Waals surface area contributed by atoms with Crippen LogP contribution in [0.3, 0.4) is 0 Å². The number of carbonyl (C=O) groups excluding carboxylic acids is 2. The van der Waals surface area contributed by atoms with Gasteiger partial charge in [-0.2, -0.15) is 172 Å². The van der Waals surface area contributed by atoms with Gasteiger partial charge in [0, 0.05) is 61.0 Å². The number of allylic oxidation sites excluding steroid dienone is 4. The number of rotatable bonds is 7. The zero-order valence-electron chi connectivity index (χ0n) is 61.0. The molecule has 0 aliphatic rings. The van der Waals surface area contributed by atoms with E-state index in [9.17, 15) is 68.1 Å². The average molecular weight is 1890 g/mol. The SMILES string of the molecule is CC(=O)C(=C(C)O)C(C(C)=O)=C(C)O.CC(C)(F)F.CC(F)(F)F.CC(F)(F)F.CC(F)(F)F.[Ir].[Ir].[c-]1ccc2ccccc2c1-n1nc2ccccc2n1.[c-]1ccc2ccccc2c1-n1nc2ccccc2n1.[c-]1ccc2ccccc2c1-n1nc2ccccc2n1.[c-]1ccc2ccccc2c1-n1nc2ccccc2n1. The van der Waals surface area contributed by atoms with Gasteiger partial charge in [0.25, 0.3) is 0 Å². The zero-order valence-corrected chi connectivity index (χ0v) is 65.8. The van der Waals surface area contributed by atoms with Crippen LogP contribution in [-0.4, -0.2) is 106 Å². The van der Waals surface area contributed by atoms with Crippen molar-refractivity contribution in [2.75, 3.05) is 0 Å². The van der Waals surface area contributed by atoms with E-state index in [0.717, 1.165) is 124 Å². The Morgan fingerprint density at radius 1 is 0.286 bits per heavy atom. The molecule has 16 aromatic rings. The van der Waals surface area contributed by atoms with Gasteiger partial charge in [-0.25, -0.2) is 8.78 Å². The molecule has 0 saturated carbocycles. The summed E-state index contributed by atoms with van der Waals surface area (Å²) >= 11 is 0. The van der Waals surface area contributed by atoms with Gasteiger partial charge in [-0.1, -0.05) is 121 Å². The van der Waals surface area contributed by atoms with Crippen molar-refractivity contribution < 1.29 is 108 Å². The number of fused-ring (bicyclic) bond motifs is 8. The van der Waals surface area contributed by atoms with Crippen LogP contribution in [0.15, 0.2) is 265 Å². The number of benzene rings is 12. The first-order chi connectivity index (χ1) is 51.9. The summed E-state index contributed by atoms with van der Waals surface area (Å²) in [6.07, 6.45) is -12.0. The van der Waals surface area contributed by atoms with E-state index in [2.05, 4.69) is 114 Å². The third-order valence-corrected chi connectivity index (χ3v) is 14.4. The minimum absolute atomic E-state index is 0. The van der Waals surface area contributed by atoms with Crippen molar-refractivity contribution in [2.45, 2.75) is 86.8 Å². The second kappa shape index (κ2) is 40.3. The summed E-state index contributed by atoms with van der Waals surface area (Å²) in [7, 11) is 0. The minimum atomic E-state index is -4.00. The Morgan fingerprint density at radius 2 is 0.429 bits per heavy atom. The van der Waals surface area contributed by atoms with E-state index in [0.29, 0.717) is 0 Å². The van der Waals surface area contributed by atoms with Crippen LogP contribution in [0, 0.1) is 24.3 Å². The number of hydrogen-bond donors (Lipinski definition) is 2. The normalized spacial score (nSPS) is 11.5. The third kappa shape index (κ3) is 27.4. The number of alkyl halides is 11. The maximum absolute atomic E-state index is 11.1. The van der Waals surface area contributed by atoms with Crippen LogP contribution in [0.1, 0.15) is 62.3 Å². The number of ketones is 2. The molecule has 0 bridgehead atoms. The summed E-state index contributed by atoms with van der Waals surface area (Å²) in [5.74, 6) is -3.94. The Morgan fingerprint density at radius 3 is 0.571 bits per heavy atom. The first-order valence-corrected chi connectivity index (χ1v) is 33.2. The second-order valence-electron chi connectivity index (χ2n) is 24.3. The molecule has 0 unspecified atom stereocenters. The van der Waals surface area contributed by atoms with E-state index < -0.39 is 36.0 Å². The number of halogens is 11. The van der Waals surface area contributed by atoms with E-state index in [-0.39, 0.29) is 83.6 Å². The second-order valence-corrected chi connectivity index (χ2v) is 24.3. The van der Waals surface area contributed by atoms with Crippen molar-refractivity contribution in [3.05, 3.63) is 290 Å². The molecule has 0 saturated heterocycles. The number of nitrogens with zero attached hydrogens (tertiary/aromatic N) is 12. The van der Waals surface area contributed by atoms with Gasteiger partial charge in [0.05, 0.1) is 11.1 Å². The van der Waals surface area contributed by atoms with Crippen molar-refractivity contribution in [1.82, 2.24) is 60.0 Å². The van der Waals surface area contributed by atoms with Gasteiger partial charge in [0.15, 0.2) is 11.6 Å². The molecule has 0 amide bonds. The van der Waals surface area contributed by atoms with Gasteiger partial charge in [0.1, 0.15) is 55.7 Å². The van der Waals surface area contributed by atoms with E-state index in [1.54, 1.807) is 19.2 Å². The van der Waals surface area contributed by atoms with Gasteiger partial charge in [-0.3, -0.25) is 9.59 Å². The van der Waals surface area contributed by atoms with E-state index in [1.165, 1.54) is 27.7 Å². The summed E-state index contributed by atoms with van der Waals surface area (Å²) in [6.45, 7) is 7.31. The van der Waals surface area contributed by atoms with E-state index in [1.807, 2.05) is 194 Å². The quantitative estimate of drug-likeness (QED) is 0.0504. The molecule has 0 atom stereocenters. The van der Waals surface area contributed by atoms with Crippen molar-refractivity contribution in [2.24, 2.45) is 0 Å². The Bertz CT molecular complexity index is 5010. The molecular weight excluding hydrogens is 1820 g/mol. The standard InChI is InChI=1S/4C16H10N3.C10H14O4.C3H6F2.3C2H3F3.2Ir/c4*1-2-8-13-12(6-1)7-5-11-16(13)19-17-14-9-3-4-10-15(14)18-19;1-5(11)9(6(2)12)10(7(3)13)8(4)14;1-3(2,4)5;3*1-2(3,4)5;;/h4*1-10H;11,13H,1-4H3;1-2H3;3*1H3;;/q4*-1;;;;;;;. The first-order valence-electron chi connectivity index (χ1n) is 33.2. The maximum atomic E-state index is 11.1. The molecule has 2 N–H and O–H groups in total. The summed E-state index contributed by atoms with van der Waals surface area (Å²) in [6, 6.07) is 92.9. The molecule has 0 aliphatic carbocycles. The van der Waals surface area contributed by atoms with Gasteiger partial charge >= 0.3 is 18.5 Å². The molecule has 4 aromatic heterocycles. The number of aromatic nitrogens is 12. The monoisotopic (exact) mass is 1890 g/mol. The summed E-state index contributed by atoms with van der Waals surface area (Å²) in [5.41, 5.74) is 10.4. The third-order valence-electron chi connectivity index (χ3n) is 14.4. The minimum Gasteiger partial charge on any atom is -0.512 e. The Balaban J connectivity index is 0.000000205. The molecule has 2 radical (unpaired) electrons. The largest absolute Gasteiger partial charge is 0.512 e. The number of aliphatic hydroxyl groups is 2. The van der Waals surface area contributed by atoms with E-state index >= 15 is 0 Å². The molecule has 12 aromatic carbocycles. The predicted octanol–water partition coefficient (Wildman–Crippen LogP) is 21.7. The number of carbonyl (C=O) groups is 2. The fourth-order valence-corrected chi connectivity index (χ4v) is 10.3. The van der Waals surface area contributed by atoms with Crippen LogP contribution in [0.2, 0.25) is 0 Å². The molecule has 16 rings (SSSR count). The summed E-state index contributed by atoms with van der Waals surface area (Å²) in [4.78, 5) is 28.9. The molecular formula is C83H69F11Ir2N12O4-4. The molecule has 112 heavy (non-hydrogen) atoms. The average Bonchev–Trinajstić information content (AvgIpc) is 1.14. The van der Waals surface area contributed by atoms with Crippen molar-refractivity contribution >= 4 is 98.8 Å². The van der Waals surface area contributed by atoms with Gasteiger partial charge < -0.3 is 10.2 Å². The number of aliphatic hydroxyl groups excluding tert-OH is 2. The fraction of sp³-hybridized carbons (Fsp3) is 0.157. The van der Waals surface area contributed by atoms with Gasteiger partial charge in [0.2, 0.25) is 5.92 Å². The van der Waals surface area contributed by atoms with Crippen LogP contribution >= 0.6 is 0 Å². The fourth-order valence-electron chi connectivity index (χ4n) is 10.3. The van der Waals surface area contributed by atoms with Crippen molar-refractivity contribution in [1.29, 1.82) is 0 Å². The van der Waals surface area contributed by atoms with Crippen LogP contribution in [0.4, 0.5) is 48.3 Å². The Labute approximate surface area is 662 Å². The van der Waals surface area contributed by atoms with Crippen molar-refractivity contribution in [3.8, 4) is 22.7 Å². The Kier molecular flexibility index (Phi) is 32.0. The summed E-state index contributed by atoms with van der Waals surface area (Å²) in [5, 5.41) is 63.5. The Hall–Kier alpha value is -11.8. The predicted molar refractivity (Wildman–Crippen MR) is 404 cm³/mol. The van der Waals surface area contributed by atoms with Gasteiger partial charge in [-0.15, -0.1) is 67.4 Å². The molecule has 0 spiro atoms. The van der Waals surface area contributed by atoms with Gasteiger partial charge in [-0.05, 0) is 113 Å². The maximum Gasteiger partial charge on any atom is 0.386 e. The molecule has 16 nitrogen and oxygen atoms in total. The molecule has 0 fully saturated rings. The van der Waals surface area contributed by atoms with Crippen LogP contribution < -0.4 is 0 Å². The van der Waals surface area contributed by atoms with Crippen LogP contribution in [-0.2, 0) is 49.8 Å². The first kappa shape index (κ1) is 89.1. The topological polar surface area (TPSA) is 197 Å². The molecule has 0 aliphatic heterocycles. The van der Waals surface area contributed by atoms with Crippen molar-refractivity contribution in [3.63, 3.8) is 0 Å².